The Bertz CT molecular complexity index is 226. The van der Waals surface area contributed by atoms with E-state index in [1.807, 2.05) is 0 Å². The second kappa shape index (κ2) is 4.95. The normalized spacial score (nSPS) is 17.3. The first-order valence-corrected chi connectivity index (χ1v) is 4.93. The van der Waals surface area contributed by atoms with Crippen LogP contribution in [0.2, 0.25) is 0 Å². The SMILES string of the molecule is CC(NC(=O)CCN)C(=O)NC1CC1. The van der Waals surface area contributed by atoms with Crippen LogP contribution in [-0.2, 0) is 9.59 Å². The summed E-state index contributed by atoms with van der Waals surface area (Å²) in [5.74, 6) is -0.288. The Morgan fingerprint density at radius 3 is 2.64 bits per heavy atom. The average Bonchev–Trinajstić information content (AvgIpc) is 2.88. The Morgan fingerprint density at radius 1 is 1.50 bits per heavy atom. The van der Waals surface area contributed by atoms with Crippen LogP contribution >= 0.6 is 0 Å². The Labute approximate surface area is 83.4 Å². The molecule has 1 fully saturated rings. The molecule has 0 aromatic carbocycles. The molecule has 80 valence electrons. The van der Waals surface area contributed by atoms with E-state index in [1.165, 1.54) is 0 Å². The summed E-state index contributed by atoms with van der Waals surface area (Å²) in [6.07, 6.45) is 2.37. The third-order valence-corrected chi connectivity index (χ3v) is 2.07. The lowest BCUT2D eigenvalue weighted by Crippen LogP contribution is -2.45. The van der Waals surface area contributed by atoms with Gasteiger partial charge in [-0.1, -0.05) is 0 Å². The van der Waals surface area contributed by atoms with Gasteiger partial charge in [0.2, 0.25) is 11.8 Å². The standard InChI is InChI=1S/C9H17N3O2/c1-6(11-8(13)4-5-10)9(14)12-7-2-3-7/h6-7H,2-5,10H2,1H3,(H,11,13)(H,12,14). The summed E-state index contributed by atoms with van der Waals surface area (Å²) in [4.78, 5) is 22.5. The lowest BCUT2D eigenvalue weighted by Gasteiger charge is -2.13. The van der Waals surface area contributed by atoms with Crippen molar-refractivity contribution in [3.05, 3.63) is 0 Å². The summed E-state index contributed by atoms with van der Waals surface area (Å²) < 4.78 is 0. The highest BCUT2D eigenvalue weighted by Gasteiger charge is 2.25. The van der Waals surface area contributed by atoms with E-state index >= 15 is 0 Å². The van der Waals surface area contributed by atoms with E-state index in [2.05, 4.69) is 10.6 Å². The molecule has 1 saturated carbocycles. The number of nitrogens with two attached hydrogens (primary N) is 1. The van der Waals surface area contributed by atoms with Crippen molar-refractivity contribution in [2.75, 3.05) is 6.54 Å². The van der Waals surface area contributed by atoms with Gasteiger partial charge in [-0.25, -0.2) is 0 Å². The lowest BCUT2D eigenvalue weighted by atomic mass is 10.3. The van der Waals surface area contributed by atoms with Crippen LogP contribution in [0.15, 0.2) is 0 Å². The van der Waals surface area contributed by atoms with Gasteiger partial charge < -0.3 is 16.4 Å². The number of hydrogen-bond donors (Lipinski definition) is 3. The number of rotatable bonds is 5. The first kappa shape index (κ1) is 11.0. The summed E-state index contributed by atoms with van der Waals surface area (Å²) in [6.45, 7) is 1.98. The Kier molecular flexibility index (Phi) is 3.88. The van der Waals surface area contributed by atoms with Gasteiger partial charge in [-0.15, -0.1) is 0 Å². The number of hydrogen-bond acceptors (Lipinski definition) is 3. The van der Waals surface area contributed by atoms with Crippen molar-refractivity contribution in [2.45, 2.75) is 38.3 Å². The summed E-state index contributed by atoms with van der Waals surface area (Å²) in [5, 5.41) is 5.40. The van der Waals surface area contributed by atoms with Gasteiger partial charge in [0.1, 0.15) is 6.04 Å². The minimum Gasteiger partial charge on any atom is -0.352 e. The van der Waals surface area contributed by atoms with Crippen molar-refractivity contribution in [1.29, 1.82) is 0 Å². The first-order valence-electron chi connectivity index (χ1n) is 4.93. The highest BCUT2D eigenvalue weighted by molar-refractivity contribution is 5.87. The van der Waals surface area contributed by atoms with E-state index in [0.29, 0.717) is 12.6 Å². The third-order valence-electron chi connectivity index (χ3n) is 2.07. The van der Waals surface area contributed by atoms with Crippen molar-refractivity contribution < 1.29 is 9.59 Å². The van der Waals surface area contributed by atoms with Crippen LogP contribution in [0.1, 0.15) is 26.2 Å². The summed E-state index contributed by atoms with van der Waals surface area (Å²) in [7, 11) is 0. The molecule has 0 aromatic rings. The van der Waals surface area contributed by atoms with Crippen LogP contribution in [0.4, 0.5) is 0 Å². The van der Waals surface area contributed by atoms with Crippen molar-refractivity contribution in [2.24, 2.45) is 5.73 Å². The van der Waals surface area contributed by atoms with Crippen LogP contribution in [0.3, 0.4) is 0 Å². The summed E-state index contributed by atoms with van der Waals surface area (Å²) in [5.41, 5.74) is 5.21. The van der Waals surface area contributed by atoms with Gasteiger partial charge in [-0.3, -0.25) is 9.59 Å². The average molecular weight is 199 g/mol. The molecule has 0 bridgehead atoms. The van der Waals surface area contributed by atoms with E-state index in [9.17, 15) is 9.59 Å². The zero-order valence-corrected chi connectivity index (χ0v) is 8.38. The molecule has 1 atom stereocenters. The third kappa shape index (κ3) is 3.74. The monoisotopic (exact) mass is 199 g/mol. The fourth-order valence-corrected chi connectivity index (χ4v) is 1.06. The molecule has 2 amide bonds. The highest BCUT2D eigenvalue weighted by atomic mass is 16.2. The van der Waals surface area contributed by atoms with Crippen LogP contribution in [-0.4, -0.2) is 30.4 Å². The molecule has 1 aliphatic carbocycles. The highest BCUT2D eigenvalue weighted by Crippen LogP contribution is 2.18. The maximum Gasteiger partial charge on any atom is 0.242 e. The number of nitrogens with one attached hydrogen (secondary N) is 2. The van der Waals surface area contributed by atoms with Crippen LogP contribution in [0, 0.1) is 0 Å². The van der Waals surface area contributed by atoms with E-state index < -0.39 is 6.04 Å². The van der Waals surface area contributed by atoms with Crippen molar-refractivity contribution in [1.82, 2.24) is 10.6 Å². The van der Waals surface area contributed by atoms with Gasteiger partial charge in [0.25, 0.3) is 0 Å². The smallest absolute Gasteiger partial charge is 0.242 e. The van der Waals surface area contributed by atoms with E-state index in [0.717, 1.165) is 12.8 Å². The number of amides is 2. The molecule has 0 radical (unpaired) electrons. The van der Waals surface area contributed by atoms with Gasteiger partial charge in [0.15, 0.2) is 0 Å². The summed E-state index contributed by atoms with van der Waals surface area (Å²) >= 11 is 0. The van der Waals surface area contributed by atoms with Crippen molar-refractivity contribution >= 4 is 11.8 Å². The molecule has 14 heavy (non-hydrogen) atoms. The molecule has 1 unspecified atom stereocenters. The minimum absolute atomic E-state index is 0.113. The molecule has 0 spiro atoms. The fraction of sp³-hybridized carbons (Fsp3) is 0.778. The molecule has 4 N–H and O–H groups in total. The molecule has 0 aliphatic heterocycles. The van der Waals surface area contributed by atoms with Gasteiger partial charge in [-0.05, 0) is 19.8 Å². The summed E-state index contributed by atoms with van der Waals surface area (Å²) in [6, 6.07) is -0.133. The molecule has 5 heteroatoms. The Morgan fingerprint density at radius 2 is 2.14 bits per heavy atom. The minimum atomic E-state index is -0.463. The van der Waals surface area contributed by atoms with E-state index in [4.69, 9.17) is 5.73 Å². The Balaban J connectivity index is 2.21. The van der Waals surface area contributed by atoms with Gasteiger partial charge in [-0.2, -0.15) is 0 Å². The zero-order chi connectivity index (χ0) is 10.6. The topological polar surface area (TPSA) is 84.2 Å². The van der Waals surface area contributed by atoms with E-state index in [1.54, 1.807) is 6.92 Å². The molecular weight excluding hydrogens is 182 g/mol. The Hall–Kier alpha value is -1.10. The molecule has 0 aromatic heterocycles. The first-order chi connectivity index (χ1) is 6.63. The molecule has 1 aliphatic rings. The van der Waals surface area contributed by atoms with Crippen LogP contribution < -0.4 is 16.4 Å². The van der Waals surface area contributed by atoms with Crippen LogP contribution in [0.5, 0.6) is 0 Å². The largest absolute Gasteiger partial charge is 0.352 e. The molecule has 0 heterocycles. The maximum absolute atomic E-state index is 11.4. The maximum atomic E-state index is 11.4. The quantitative estimate of drug-likeness (QED) is 0.537. The lowest BCUT2D eigenvalue weighted by molar-refractivity contribution is -0.128. The number of carbonyl (C=O) groups excluding carboxylic acids is 2. The van der Waals surface area contributed by atoms with Gasteiger partial charge in [0.05, 0.1) is 0 Å². The van der Waals surface area contributed by atoms with Gasteiger partial charge in [0, 0.05) is 19.0 Å². The fourth-order valence-electron chi connectivity index (χ4n) is 1.06. The van der Waals surface area contributed by atoms with E-state index in [-0.39, 0.29) is 18.2 Å². The molecule has 0 saturated heterocycles. The van der Waals surface area contributed by atoms with Crippen LogP contribution in [0.25, 0.3) is 0 Å². The van der Waals surface area contributed by atoms with Crippen molar-refractivity contribution in [3.8, 4) is 0 Å². The molecule has 1 rings (SSSR count). The second-order valence-corrected chi connectivity index (χ2v) is 3.61. The van der Waals surface area contributed by atoms with Crippen molar-refractivity contribution in [3.63, 3.8) is 0 Å². The zero-order valence-electron chi connectivity index (χ0n) is 8.38. The van der Waals surface area contributed by atoms with Gasteiger partial charge >= 0.3 is 0 Å². The molecule has 5 nitrogen and oxygen atoms in total. The number of carbonyl (C=O) groups is 2. The molecular formula is C9H17N3O2. The predicted molar refractivity (Wildman–Crippen MR) is 52.4 cm³/mol. The predicted octanol–water partition coefficient (Wildman–Crippen LogP) is -0.881. The second-order valence-electron chi connectivity index (χ2n) is 3.61.